The fourth-order valence-corrected chi connectivity index (χ4v) is 4.59. The van der Waals surface area contributed by atoms with Gasteiger partial charge in [-0.15, -0.1) is 0 Å². The van der Waals surface area contributed by atoms with Crippen molar-refractivity contribution in [3.05, 3.63) is 0 Å². The van der Waals surface area contributed by atoms with E-state index in [0.717, 1.165) is 25.7 Å². The van der Waals surface area contributed by atoms with Gasteiger partial charge >= 0.3 is 0 Å². The quantitative estimate of drug-likeness (QED) is 0.298. The summed E-state index contributed by atoms with van der Waals surface area (Å²) in [4.78, 5) is 0. The maximum Gasteiger partial charge on any atom is 0.0703 e. The molecule has 2 rings (SSSR count). The van der Waals surface area contributed by atoms with E-state index in [2.05, 4.69) is 0 Å². The molecule has 0 aromatic carbocycles. The molecule has 0 aromatic rings. The van der Waals surface area contributed by atoms with Gasteiger partial charge in [-0.2, -0.15) is 0 Å². The van der Waals surface area contributed by atoms with Crippen LogP contribution in [-0.2, 0) is 0 Å². The van der Waals surface area contributed by atoms with E-state index in [9.17, 15) is 5.11 Å². The molecule has 0 spiro atoms. The van der Waals surface area contributed by atoms with Crippen molar-refractivity contribution in [1.29, 1.82) is 0 Å². The van der Waals surface area contributed by atoms with Crippen molar-refractivity contribution in [3.63, 3.8) is 0 Å². The van der Waals surface area contributed by atoms with Gasteiger partial charge in [0.15, 0.2) is 0 Å². The Morgan fingerprint density at radius 1 is 0.593 bits per heavy atom. The highest BCUT2D eigenvalue weighted by Gasteiger charge is 2.44. The summed E-state index contributed by atoms with van der Waals surface area (Å²) in [6, 6.07) is 0. The van der Waals surface area contributed by atoms with Crippen LogP contribution in [0.5, 0.6) is 0 Å². The monoisotopic (exact) mass is 390 g/mol. The van der Waals surface area contributed by atoms with E-state index in [0.29, 0.717) is 18.4 Å². The average molecular weight is 391 g/mol. The Kier molecular flexibility index (Phi) is 12.0. The minimum absolute atomic E-state index is 0.297. The van der Waals surface area contributed by atoms with Gasteiger partial charge < -0.3 is 30.6 Å². The van der Waals surface area contributed by atoms with E-state index in [4.69, 9.17) is 25.5 Å². The van der Waals surface area contributed by atoms with Gasteiger partial charge in [-0.25, -0.2) is 0 Å². The Morgan fingerprint density at radius 2 is 1.00 bits per heavy atom. The SMILES string of the molecule is OCC(CO)(CO)CO.OCCCCCC(O)(C1CCCC1)C1CCCC1. The summed E-state index contributed by atoms with van der Waals surface area (Å²) in [5.74, 6) is 1.13. The molecule has 0 radical (unpaired) electrons. The molecule has 0 atom stereocenters. The van der Waals surface area contributed by atoms with Gasteiger partial charge in [0.05, 0.1) is 37.4 Å². The molecule has 0 unspecified atom stereocenters. The molecule has 0 bridgehead atoms. The van der Waals surface area contributed by atoms with E-state index in [1.54, 1.807) is 0 Å². The molecule has 6 N–H and O–H groups in total. The van der Waals surface area contributed by atoms with Crippen LogP contribution < -0.4 is 0 Å². The van der Waals surface area contributed by atoms with Gasteiger partial charge in [0.2, 0.25) is 0 Å². The lowest BCUT2D eigenvalue weighted by Crippen LogP contribution is -2.43. The van der Waals surface area contributed by atoms with Crippen molar-refractivity contribution < 1.29 is 30.6 Å². The zero-order chi connectivity index (χ0) is 20.2. The van der Waals surface area contributed by atoms with Crippen LogP contribution in [0.2, 0.25) is 0 Å². The maximum absolute atomic E-state index is 11.2. The van der Waals surface area contributed by atoms with Gasteiger partial charge in [0, 0.05) is 6.61 Å². The predicted molar refractivity (Wildman–Crippen MR) is 105 cm³/mol. The second kappa shape index (κ2) is 13.1. The normalized spacial score (nSPS) is 19.3. The number of unbranched alkanes of at least 4 members (excludes halogenated alkanes) is 2. The number of hydrogen-bond donors (Lipinski definition) is 6. The second-order valence-electron chi connectivity index (χ2n) is 8.62. The highest BCUT2D eigenvalue weighted by Crippen LogP contribution is 2.47. The molecule has 2 aliphatic carbocycles. The zero-order valence-corrected chi connectivity index (χ0v) is 16.9. The zero-order valence-electron chi connectivity index (χ0n) is 16.9. The summed E-state index contributed by atoms with van der Waals surface area (Å²) in [5.41, 5.74) is -1.48. The molecule has 162 valence electrons. The Bertz CT molecular complexity index is 326. The lowest BCUT2D eigenvalue weighted by atomic mass is 9.72. The highest BCUT2D eigenvalue weighted by atomic mass is 16.3. The lowest BCUT2D eigenvalue weighted by Gasteiger charge is -2.40. The Labute approximate surface area is 164 Å². The topological polar surface area (TPSA) is 121 Å². The fraction of sp³-hybridized carbons (Fsp3) is 1.00. The molecule has 2 saturated carbocycles. The van der Waals surface area contributed by atoms with Crippen molar-refractivity contribution in [2.24, 2.45) is 17.3 Å². The van der Waals surface area contributed by atoms with Crippen LogP contribution in [0.4, 0.5) is 0 Å². The molecule has 6 heteroatoms. The summed E-state index contributed by atoms with van der Waals surface area (Å²) in [6.07, 6.45) is 14.3. The second-order valence-corrected chi connectivity index (χ2v) is 8.62. The van der Waals surface area contributed by atoms with Crippen LogP contribution >= 0.6 is 0 Å². The van der Waals surface area contributed by atoms with Gasteiger partial charge in [-0.1, -0.05) is 38.5 Å². The minimum atomic E-state index is -1.11. The third-order valence-electron chi connectivity index (χ3n) is 6.70. The predicted octanol–water partition coefficient (Wildman–Crippen LogP) is 1.59. The van der Waals surface area contributed by atoms with Gasteiger partial charge in [0.1, 0.15) is 0 Å². The summed E-state index contributed by atoms with van der Waals surface area (Å²) in [5, 5.41) is 54.1. The van der Waals surface area contributed by atoms with E-state index in [1.165, 1.54) is 51.4 Å². The molecule has 0 heterocycles. The fourth-order valence-electron chi connectivity index (χ4n) is 4.59. The molecule has 6 nitrogen and oxygen atoms in total. The van der Waals surface area contributed by atoms with E-state index in [-0.39, 0.29) is 5.60 Å². The van der Waals surface area contributed by atoms with Gasteiger partial charge in [-0.05, 0) is 50.4 Å². The smallest absolute Gasteiger partial charge is 0.0703 e. The van der Waals surface area contributed by atoms with Crippen LogP contribution in [0.1, 0.15) is 77.0 Å². The van der Waals surface area contributed by atoms with E-state index < -0.39 is 31.8 Å². The largest absolute Gasteiger partial charge is 0.396 e. The van der Waals surface area contributed by atoms with Gasteiger partial charge in [-0.3, -0.25) is 0 Å². The molecular weight excluding hydrogens is 348 g/mol. The average Bonchev–Trinajstić information content (AvgIpc) is 3.42. The van der Waals surface area contributed by atoms with Crippen molar-refractivity contribution in [1.82, 2.24) is 0 Å². The molecule has 2 aliphatic rings. The molecule has 0 aliphatic heterocycles. The first-order valence-corrected chi connectivity index (χ1v) is 10.8. The van der Waals surface area contributed by atoms with Crippen LogP contribution in [0.25, 0.3) is 0 Å². The third-order valence-corrected chi connectivity index (χ3v) is 6.70. The highest BCUT2D eigenvalue weighted by molar-refractivity contribution is 4.96. The standard InChI is InChI=1S/C16H30O2.C5H12O4/c17-13-7-1-6-12-16(18,14-8-2-3-9-14)15-10-4-5-11-15;6-1-5(2-7,3-8)4-9/h14-15,17-18H,1-13H2;6-9H,1-4H2. The van der Waals surface area contributed by atoms with Crippen LogP contribution in [0.3, 0.4) is 0 Å². The molecule has 0 saturated heterocycles. The number of aliphatic hydroxyl groups is 6. The first kappa shape index (κ1) is 24.8. The summed E-state index contributed by atoms with van der Waals surface area (Å²) in [6.45, 7) is -1.33. The van der Waals surface area contributed by atoms with Crippen molar-refractivity contribution >= 4 is 0 Å². The summed E-state index contributed by atoms with van der Waals surface area (Å²) < 4.78 is 0. The van der Waals surface area contributed by atoms with Crippen LogP contribution in [0.15, 0.2) is 0 Å². The van der Waals surface area contributed by atoms with Gasteiger partial charge in [0.25, 0.3) is 0 Å². The molecule has 27 heavy (non-hydrogen) atoms. The third kappa shape index (κ3) is 7.26. The van der Waals surface area contributed by atoms with E-state index in [1.807, 2.05) is 0 Å². The molecule has 0 aromatic heterocycles. The number of hydrogen-bond acceptors (Lipinski definition) is 6. The lowest BCUT2D eigenvalue weighted by molar-refractivity contribution is -0.0748. The Hall–Kier alpha value is -0.240. The number of aliphatic hydroxyl groups excluding tert-OH is 5. The molecule has 2 fully saturated rings. The summed E-state index contributed by atoms with van der Waals surface area (Å²) in [7, 11) is 0. The van der Waals surface area contributed by atoms with Crippen molar-refractivity contribution in [2.45, 2.75) is 82.7 Å². The number of rotatable bonds is 11. The van der Waals surface area contributed by atoms with Crippen molar-refractivity contribution in [3.8, 4) is 0 Å². The molecule has 0 amide bonds. The Balaban J connectivity index is 0.000000345. The van der Waals surface area contributed by atoms with Crippen LogP contribution in [0, 0.1) is 17.3 Å². The van der Waals surface area contributed by atoms with E-state index >= 15 is 0 Å². The first-order chi connectivity index (χ1) is 13.0. The van der Waals surface area contributed by atoms with Crippen molar-refractivity contribution in [2.75, 3.05) is 33.0 Å². The molecular formula is C21H42O6. The Morgan fingerprint density at radius 3 is 1.30 bits per heavy atom. The van der Waals surface area contributed by atoms with Crippen LogP contribution in [-0.4, -0.2) is 69.3 Å². The minimum Gasteiger partial charge on any atom is -0.396 e. The first-order valence-electron chi connectivity index (χ1n) is 10.8. The maximum atomic E-state index is 11.2. The summed E-state index contributed by atoms with van der Waals surface area (Å²) >= 11 is 0.